The fourth-order valence-electron chi connectivity index (χ4n) is 2.13. The van der Waals surface area contributed by atoms with Crippen molar-refractivity contribution in [2.75, 3.05) is 27.8 Å². The molecule has 5 nitrogen and oxygen atoms in total. The van der Waals surface area contributed by atoms with Gasteiger partial charge >= 0.3 is 0 Å². The first-order chi connectivity index (χ1) is 9.52. The van der Waals surface area contributed by atoms with Crippen LogP contribution in [0.15, 0.2) is 24.3 Å². The molecule has 110 valence electrons. The number of hydrogen-bond acceptors (Lipinski definition) is 3. The van der Waals surface area contributed by atoms with Gasteiger partial charge in [-0.15, -0.1) is 11.6 Å². The number of nitrogens with zero attached hydrogens (tertiary/aromatic N) is 1. The second-order valence-corrected chi connectivity index (χ2v) is 6.88. The summed E-state index contributed by atoms with van der Waals surface area (Å²) in [6.45, 7) is 0.682. The average Bonchev–Trinajstić information content (AvgIpc) is 2.82. The summed E-state index contributed by atoms with van der Waals surface area (Å²) in [5.74, 6) is 0.374. The van der Waals surface area contributed by atoms with Crippen LogP contribution in [0, 0.1) is 0 Å². The van der Waals surface area contributed by atoms with Gasteiger partial charge in [-0.05, 0) is 31.0 Å². The van der Waals surface area contributed by atoms with Gasteiger partial charge in [-0.2, -0.15) is 0 Å². The SMILES string of the molecule is O=C1CCCN1c1cccc(NS(=O)(=O)CCCCl)c1. The van der Waals surface area contributed by atoms with Gasteiger partial charge in [0.15, 0.2) is 0 Å². The minimum Gasteiger partial charge on any atom is -0.312 e. The van der Waals surface area contributed by atoms with Crippen molar-refractivity contribution in [3.63, 3.8) is 0 Å². The molecule has 0 atom stereocenters. The first-order valence-corrected chi connectivity index (χ1v) is 8.67. The molecule has 1 saturated heterocycles. The van der Waals surface area contributed by atoms with Crippen molar-refractivity contribution in [3.8, 4) is 0 Å². The summed E-state index contributed by atoms with van der Waals surface area (Å²) in [5, 5.41) is 0. The van der Waals surface area contributed by atoms with E-state index in [0.29, 0.717) is 31.0 Å². The molecule has 0 unspecified atom stereocenters. The van der Waals surface area contributed by atoms with Crippen LogP contribution in [0.1, 0.15) is 19.3 Å². The van der Waals surface area contributed by atoms with E-state index in [1.165, 1.54) is 0 Å². The molecule has 0 aliphatic carbocycles. The zero-order valence-electron chi connectivity index (χ0n) is 11.0. The second kappa shape index (κ2) is 6.45. The van der Waals surface area contributed by atoms with Crippen LogP contribution < -0.4 is 9.62 Å². The highest BCUT2D eigenvalue weighted by Crippen LogP contribution is 2.24. The summed E-state index contributed by atoms with van der Waals surface area (Å²) in [6, 6.07) is 6.89. The van der Waals surface area contributed by atoms with Gasteiger partial charge in [-0.25, -0.2) is 8.42 Å². The Morgan fingerprint density at radius 2 is 2.15 bits per heavy atom. The molecule has 1 fully saturated rings. The highest BCUT2D eigenvalue weighted by atomic mass is 35.5. The second-order valence-electron chi connectivity index (χ2n) is 4.66. The van der Waals surface area contributed by atoms with E-state index >= 15 is 0 Å². The van der Waals surface area contributed by atoms with Crippen LogP contribution in [-0.4, -0.2) is 32.5 Å². The molecule has 1 aliphatic rings. The van der Waals surface area contributed by atoms with E-state index in [9.17, 15) is 13.2 Å². The Labute approximate surface area is 124 Å². The number of anilines is 2. The van der Waals surface area contributed by atoms with Crippen molar-refractivity contribution in [3.05, 3.63) is 24.3 Å². The number of hydrogen-bond donors (Lipinski definition) is 1. The summed E-state index contributed by atoms with van der Waals surface area (Å²) in [7, 11) is -3.39. The Kier molecular flexibility index (Phi) is 4.88. The summed E-state index contributed by atoms with van der Waals surface area (Å²) in [6.07, 6.45) is 1.79. The normalized spacial score (nSPS) is 15.7. The molecule has 0 saturated carbocycles. The summed E-state index contributed by atoms with van der Waals surface area (Å²) in [5.41, 5.74) is 1.20. The van der Waals surface area contributed by atoms with Crippen molar-refractivity contribution in [1.82, 2.24) is 0 Å². The maximum atomic E-state index is 11.8. The quantitative estimate of drug-likeness (QED) is 0.818. The molecule has 7 heteroatoms. The number of rotatable bonds is 6. The number of sulfonamides is 1. The summed E-state index contributed by atoms with van der Waals surface area (Å²) in [4.78, 5) is 13.4. The lowest BCUT2D eigenvalue weighted by atomic mass is 10.2. The molecule has 1 heterocycles. The molecule has 0 aromatic heterocycles. The minimum absolute atomic E-state index is 0.0105. The highest BCUT2D eigenvalue weighted by molar-refractivity contribution is 7.92. The van der Waals surface area contributed by atoms with Crippen LogP contribution >= 0.6 is 11.6 Å². The van der Waals surface area contributed by atoms with Gasteiger partial charge in [0.1, 0.15) is 0 Å². The topological polar surface area (TPSA) is 66.5 Å². The van der Waals surface area contributed by atoms with Crippen LogP contribution in [0.4, 0.5) is 11.4 Å². The van der Waals surface area contributed by atoms with E-state index in [1.54, 1.807) is 29.2 Å². The van der Waals surface area contributed by atoms with E-state index in [1.807, 2.05) is 0 Å². The number of carbonyl (C=O) groups is 1. The average molecular weight is 317 g/mol. The van der Waals surface area contributed by atoms with Gasteiger partial charge in [-0.1, -0.05) is 6.07 Å². The zero-order chi connectivity index (χ0) is 14.6. The van der Waals surface area contributed by atoms with E-state index in [4.69, 9.17) is 11.6 Å². The molecular weight excluding hydrogens is 300 g/mol. The summed E-state index contributed by atoms with van der Waals surface area (Å²) < 4.78 is 26.1. The Morgan fingerprint density at radius 1 is 1.35 bits per heavy atom. The minimum atomic E-state index is -3.39. The monoisotopic (exact) mass is 316 g/mol. The van der Waals surface area contributed by atoms with Gasteiger partial charge in [0.2, 0.25) is 15.9 Å². The Hall–Kier alpha value is -1.27. The Balaban J connectivity index is 2.12. The van der Waals surface area contributed by atoms with E-state index in [2.05, 4.69) is 4.72 Å². The fraction of sp³-hybridized carbons (Fsp3) is 0.462. The predicted octanol–water partition coefficient (Wildman–Crippen LogP) is 2.18. The molecule has 0 radical (unpaired) electrons. The maximum absolute atomic E-state index is 11.8. The van der Waals surface area contributed by atoms with Gasteiger partial charge < -0.3 is 4.90 Å². The number of nitrogens with one attached hydrogen (secondary N) is 1. The maximum Gasteiger partial charge on any atom is 0.232 e. The van der Waals surface area contributed by atoms with Crippen LogP contribution in [0.5, 0.6) is 0 Å². The first kappa shape index (κ1) is 15.1. The number of carbonyl (C=O) groups excluding carboxylic acids is 1. The van der Waals surface area contributed by atoms with Crippen molar-refractivity contribution in [2.24, 2.45) is 0 Å². The molecular formula is C13H17ClN2O3S. The lowest BCUT2D eigenvalue weighted by Gasteiger charge is -2.17. The molecule has 1 aliphatic heterocycles. The molecule has 1 N–H and O–H groups in total. The van der Waals surface area contributed by atoms with Gasteiger partial charge in [0, 0.05) is 24.5 Å². The van der Waals surface area contributed by atoms with E-state index < -0.39 is 10.0 Å². The van der Waals surface area contributed by atoms with Crippen LogP contribution in [-0.2, 0) is 14.8 Å². The van der Waals surface area contributed by atoms with Crippen LogP contribution in [0.25, 0.3) is 0 Å². The fourth-order valence-corrected chi connectivity index (χ4v) is 3.54. The van der Waals surface area contributed by atoms with E-state index in [0.717, 1.165) is 12.1 Å². The predicted molar refractivity (Wildman–Crippen MR) is 80.8 cm³/mol. The molecule has 2 rings (SSSR count). The third-order valence-electron chi connectivity index (χ3n) is 3.05. The van der Waals surface area contributed by atoms with Crippen molar-refractivity contribution in [1.29, 1.82) is 0 Å². The third-order valence-corrected chi connectivity index (χ3v) is 4.69. The molecule has 1 aromatic rings. The van der Waals surface area contributed by atoms with Crippen molar-refractivity contribution >= 4 is 38.9 Å². The van der Waals surface area contributed by atoms with Gasteiger partial charge in [0.25, 0.3) is 0 Å². The summed E-state index contributed by atoms with van der Waals surface area (Å²) >= 11 is 5.50. The van der Waals surface area contributed by atoms with Gasteiger partial charge in [0.05, 0.1) is 11.4 Å². The van der Waals surface area contributed by atoms with Crippen LogP contribution in [0.3, 0.4) is 0 Å². The zero-order valence-corrected chi connectivity index (χ0v) is 12.6. The molecule has 0 spiro atoms. The smallest absolute Gasteiger partial charge is 0.232 e. The standard InChI is InChI=1S/C13H17ClN2O3S/c14-7-3-9-20(18,19)15-11-4-1-5-12(10-11)16-8-2-6-13(16)17/h1,4-5,10,15H,2-3,6-9H2. The number of halogens is 1. The molecule has 20 heavy (non-hydrogen) atoms. The number of amides is 1. The molecule has 1 aromatic carbocycles. The molecule has 1 amide bonds. The van der Waals surface area contributed by atoms with Crippen molar-refractivity contribution < 1.29 is 13.2 Å². The van der Waals surface area contributed by atoms with E-state index in [-0.39, 0.29) is 11.7 Å². The highest BCUT2D eigenvalue weighted by Gasteiger charge is 2.22. The molecule has 0 bridgehead atoms. The lowest BCUT2D eigenvalue weighted by molar-refractivity contribution is -0.117. The van der Waals surface area contributed by atoms with Crippen LogP contribution in [0.2, 0.25) is 0 Å². The van der Waals surface area contributed by atoms with Gasteiger partial charge in [-0.3, -0.25) is 9.52 Å². The Morgan fingerprint density at radius 3 is 2.80 bits per heavy atom. The van der Waals surface area contributed by atoms with Crippen molar-refractivity contribution in [2.45, 2.75) is 19.3 Å². The number of benzene rings is 1. The largest absolute Gasteiger partial charge is 0.312 e. The lowest BCUT2D eigenvalue weighted by Crippen LogP contribution is -2.24. The number of alkyl halides is 1. The third kappa shape index (κ3) is 3.86. The Bertz CT molecular complexity index is 589. The first-order valence-electron chi connectivity index (χ1n) is 6.49.